The predicted octanol–water partition coefficient (Wildman–Crippen LogP) is 4.41. The number of halogens is 3. The molecule has 1 fully saturated rings. The Kier molecular flexibility index (Phi) is 8.49. The van der Waals surface area contributed by atoms with Crippen LogP contribution in [0.2, 0.25) is 0 Å². The van der Waals surface area contributed by atoms with Crippen LogP contribution in [0.4, 0.5) is 30.6 Å². The standard InChI is InChI=1S/C23H31F3N6O/c1-16(2)13-27-14-17-6-8-18(9-7-17)30-22-29-15-19(23(24,25)26)21(31-22)28-10-4-12-32-11-3-5-20(32)33/h6-9,15-16,27H,3-5,10-14H2,1-2H3,(H2,28,29,30,31). The van der Waals surface area contributed by atoms with Gasteiger partial charge in [0, 0.05) is 44.5 Å². The molecule has 0 saturated carbocycles. The number of rotatable bonds is 11. The van der Waals surface area contributed by atoms with Crippen molar-refractivity contribution < 1.29 is 18.0 Å². The fourth-order valence-corrected chi connectivity index (χ4v) is 3.54. The van der Waals surface area contributed by atoms with Crippen molar-refractivity contribution in [3.05, 3.63) is 41.6 Å². The molecule has 2 heterocycles. The van der Waals surface area contributed by atoms with Crippen molar-refractivity contribution in [3.63, 3.8) is 0 Å². The molecule has 0 bridgehead atoms. The maximum Gasteiger partial charge on any atom is 0.421 e. The Morgan fingerprint density at radius 2 is 1.94 bits per heavy atom. The summed E-state index contributed by atoms with van der Waals surface area (Å²) in [4.78, 5) is 21.3. The molecule has 10 heteroatoms. The first-order chi connectivity index (χ1) is 15.7. The lowest BCUT2D eigenvalue weighted by atomic mass is 10.2. The van der Waals surface area contributed by atoms with Gasteiger partial charge in [0.2, 0.25) is 11.9 Å². The summed E-state index contributed by atoms with van der Waals surface area (Å²) in [5, 5.41) is 9.09. The molecule has 1 saturated heterocycles. The predicted molar refractivity (Wildman–Crippen MR) is 122 cm³/mol. The summed E-state index contributed by atoms with van der Waals surface area (Å²) in [6.45, 7) is 7.43. The van der Waals surface area contributed by atoms with Crippen LogP contribution in [0.3, 0.4) is 0 Å². The van der Waals surface area contributed by atoms with Gasteiger partial charge in [0.1, 0.15) is 11.4 Å². The second-order valence-corrected chi connectivity index (χ2v) is 8.56. The van der Waals surface area contributed by atoms with Gasteiger partial charge in [-0.2, -0.15) is 18.2 Å². The zero-order valence-corrected chi connectivity index (χ0v) is 19.0. The van der Waals surface area contributed by atoms with Crippen molar-refractivity contribution in [3.8, 4) is 0 Å². The van der Waals surface area contributed by atoms with Crippen molar-refractivity contribution >= 4 is 23.4 Å². The highest BCUT2D eigenvalue weighted by Gasteiger charge is 2.35. The van der Waals surface area contributed by atoms with E-state index in [-0.39, 0.29) is 24.2 Å². The molecule has 1 aromatic heterocycles. The number of carbonyl (C=O) groups is 1. The Hall–Kier alpha value is -2.88. The van der Waals surface area contributed by atoms with Crippen LogP contribution >= 0.6 is 0 Å². The first-order valence-corrected chi connectivity index (χ1v) is 11.2. The molecule has 0 aliphatic carbocycles. The number of nitrogens with one attached hydrogen (secondary N) is 3. The summed E-state index contributed by atoms with van der Waals surface area (Å²) >= 11 is 0. The third-order valence-electron chi connectivity index (χ3n) is 5.25. The number of nitrogens with zero attached hydrogens (tertiary/aromatic N) is 3. The highest BCUT2D eigenvalue weighted by Crippen LogP contribution is 2.34. The summed E-state index contributed by atoms with van der Waals surface area (Å²) in [5.41, 5.74) is 0.867. The van der Waals surface area contributed by atoms with Crippen LogP contribution in [0.25, 0.3) is 0 Å². The minimum absolute atomic E-state index is 0.0749. The van der Waals surface area contributed by atoms with E-state index in [4.69, 9.17) is 0 Å². The monoisotopic (exact) mass is 464 g/mol. The van der Waals surface area contributed by atoms with E-state index in [2.05, 4.69) is 39.8 Å². The van der Waals surface area contributed by atoms with Crippen LogP contribution in [0, 0.1) is 5.92 Å². The van der Waals surface area contributed by atoms with Crippen molar-refractivity contribution in [1.82, 2.24) is 20.2 Å². The fraction of sp³-hybridized carbons (Fsp3) is 0.522. The fourth-order valence-electron chi connectivity index (χ4n) is 3.54. The summed E-state index contributed by atoms with van der Waals surface area (Å²) < 4.78 is 40.2. The molecule has 3 rings (SSSR count). The van der Waals surface area contributed by atoms with Gasteiger partial charge in [0.15, 0.2) is 0 Å². The van der Waals surface area contributed by atoms with E-state index < -0.39 is 11.7 Å². The highest BCUT2D eigenvalue weighted by atomic mass is 19.4. The molecular weight excluding hydrogens is 433 g/mol. The van der Waals surface area contributed by atoms with Gasteiger partial charge in [-0.1, -0.05) is 26.0 Å². The molecule has 0 spiro atoms. The molecule has 3 N–H and O–H groups in total. The normalized spacial score (nSPS) is 14.2. The number of hydrogen-bond acceptors (Lipinski definition) is 6. The van der Waals surface area contributed by atoms with Crippen LogP contribution in [0.1, 0.15) is 44.2 Å². The van der Waals surface area contributed by atoms with Gasteiger partial charge in [-0.15, -0.1) is 0 Å². The largest absolute Gasteiger partial charge is 0.421 e. The quantitative estimate of drug-likeness (QED) is 0.428. The maximum atomic E-state index is 13.4. The zero-order valence-electron chi connectivity index (χ0n) is 19.0. The Morgan fingerprint density at radius 3 is 2.58 bits per heavy atom. The number of aromatic nitrogens is 2. The van der Waals surface area contributed by atoms with Crippen LogP contribution in [0.5, 0.6) is 0 Å². The number of alkyl halides is 3. The van der Waals surface area contributed by atoms with Crippen LogP contribution in [-0.2, 0) is 17.5 Å². The topological polar surface area (TPSA) is 82.2 Å². The number of anilines is 3. The lowest BCUT2D eigenvalue weighted by Crippen LogP contribution is -2.27. The van der Waals surface area contributed by atoms with E-state index in [1.54, 1.807) is 4.90 Å². The molecule has 7 nitrogen and oxygen atoms in total. The molecule has 1 aromatic carbocycles. The molecule has 2 aromatic rings. The Morgan fingerprint density at radius 1 is 1.18 bits per heavy atom. The number of likely N-dealkylation sites (tertiary alicyclic amines) is 1. The van der Waals surface area contributed by atoms with E-state index in [1.807, 2.05) is 24.3 Å². The number of hydrogen-bond donors (Lipinski definition) is 3. The lowest BCUT2D eigenvalue weighted by molar-refractivity contribution is -0.137. The van der Waals surface area contributed by atoms with Crippen molar-refractivity contribution in [1.29, 1.82) is 0 Å². The molecule has 0 radical (unpaired) electrons. The third-order valence-corrected chi connectivity index (χ3v) is 5.25. The van der Waals surface area contributed by atoms with Crippen LogP contribution in [-0.4, -0.2) is 47.0 Å². The Labute approximate surface area is 192 Å². The average Bonchev–Trinajstić information content (AvgIpc) is 3.16. The molecular formula is C23H31F3N6O. The molecule has 1 amide bonds. The first kappa shape index (κ1) is 24.8. The van der Waals surface area contributed by atoms with Crippen molar-refractivity contribution in [2.45, 2.75) is 45.8 Å². The SMILES string of the molecule is CC(C)CNCc1ccc(Nc2ncc(C(F)(F)F)c(NCCCN3CCCC3=O)n2)cc1. The number of carbonyl (C=O) groups excluding carboxylic acids is 1. The maximum absolute atomic E-state index is 13.4. The molecule has 0 unspecified atom stereocenters. The zero-order chi connectivity index (χ0) is 23.8. The van der Waals surface area contributed by atoms with E-state index in [0.717, 1.165) is 31.3 Å². The van der Waals surface area contributed by atoms with E-state index in [9.17, 15) is 18.0 Å². The average molecular weight is 465 g/mol. The van der Waals surface area contributed by atoms with Gasteiger partial charge in [0.05, 0.1) is 0 Å². The van der Waals surface area contributed by atoms with Crippen molar-refractivity contribution in [2.75, 3.05) is 36.8 Å². The minimum atomic E-state index is -4.57. The van der Waals surface area contributed by atoms with E-state index >= 15 is 0 Å². The molecule has 33 heavy (non-hydrogen) atoms. The van der Waals surface area contributed by atoms with Gasteiger partial charge >= 0.3 is 6.18 Å². The first-order valence-electron chi connectivity index (χ1n) is 11.2. The van der Waals surface area contributed by atoms with E-state index in [0.29, 0.717) is 37.5 Å². The number of amides is 1. The molecule has 1 aliphatic heterocycles. The smallest absolute Gasteiger partial charge is 0.369 e. The third kappa shape index (κ3) is 7.59. The minimum Gasteiger partial charge on any atom is -0.369 e. The van der Waals surface area contributed by atoms with E-state index in [1.165, 1.54) is 0 Å². The Bertz CT molecular complexity index is 917. The van der Waals surface area contributed by atoms with Crippen molar-refractivity contribution in [2.24, 2.45) is 5.92 Å². The second-order valence-electron chi connectivity index (χ2n) is 8.56. The van der Waals surface area contributed by atoms with Gasteiger partial charge < -0.3 is 20.9 Å². The summed E-state index contributed by atoms with van der Waals surface area (Å²) in [6, 6.07) is 7.57. The van der Waals surface area contributed by atoms with Gasteiger partial charge in [0.25, 0.3) is 0 Å². The van der Waals surface area contributed by atoms with Gasteiger partial charge in [-0.25, -0.2) is 4.98 Å². The van der Waals surface area contributed by atoms with Gasteiger partial charge in [-0.3, -0.25) is 4.79 Å². The highest BCUT2D eigenvalue weighted by molar-refractivity contribution is 5.78. The van der Waals surface area contributed by atoms with Crippen LogP contribution < -0.4 is 16.0 Å². The summed E-state index contributed by atoms with van der Waals surface area (Å²) in [5.74, 6) is 0.461. The van der Waals surface area contributed by atoms with Crippen LogP contribution in [0.15, 0.2) is 30.5 Å². The molecule has 180 valence electrons. The lowest BCUT2D eigenvalue weighted by Gasteiger charge is -2.17. The van der Waals surface area contributed by atoms with Gasteiger partial charge in [-0.05, 0) is 43.0 Å². The molecule has 0 atom stereocenters. The number of benzene rings is 1. The summed E-state index contributed by atoms with van der Waals surface area (Å²) in [6.07, 6.45) is -1.88. The summed E-state index contributed by atoms with van der Waals surface area (Å²) in [7, 11) is 0. The second kappa shape index (κ2) is 11.3. The Balaban J connectivity index is 1.60. The molecule has 1 aliphatic rings.